The van der Waals surface area contributed by atoms with Crippen LogP contribution in [0.4, 0.5) is 5.82 Å². The molecular formula is C13H21N5O2S. The number of anilines is 1. The minimum atomic E-state index is -3.53. The molecule has 4 N–H and O–H groups in total. The second-order valence-corrected chi connectivity index (χ2v) is 7.35. The quantitative estimate of drug-likeness (QED) is 0.545. The lowest BCUT2D eigenvalue weighted by Gasteiger charge is -2.32. The summed E-state index contributed by atoms with van der Waals surface area (Å²) in [5, 5.41) is 0. The molecule has 7 nitrogen and oxygen atoms in total. The first kappa shape index (κ1) is 14.7. The van der Waals surface area contributed by atoms with Gasteiger partial charge in [-0.3, -0.25) is 4.90 Å². The van der Waals surface area contributed by atoms with E-state index in [4.69, 9.17) is 5.84 Å². The molecular weight excluding hydrogens is 290 g/mol. The van der Waals surface area contributed by atoms with Crippen molar-refractivity contribution in [1.29, 1.82) is 0 Å². The first-order valence-corrected chi connectivity index (χ1v) is 8.77. The molecule has 3 rings (SSSR count). The Hall–Kier alpha value is -1.22. The zero-order chi connectivity index (χ0) is 14.9. The molecule has 0 bridgehead atoms. The fraction of sp³-hybridized carbons (Fsp3) is 0.615. The van der Waals surface area contributed by atoms with Crippen molar-refractivity contribution in [2.45, 2.75) is 42.7 Å². The number of rotatable bonds is 4. The number of pyridine rings is 1. The van der Waals surface area contributed by atoms with Crippen LogP contribution in [-0.2, 0) is 10.0 Å². The highest BCUT2D eigenvalue weighted by atomic mass is 32.2. The Bertz CT molecular complexity index is 589. The van der Waals surface area contributed by atoms with E-state index in [1.165, 1.54) is 25.1 Å². The fourth-order valence-electron chi connectivity index (χ4n) is 3.28. The fourth-order valence-corrected chi connectivity index (χ4v) is 4.53. The van der Waals surface area contributed by atoms with E-state index >= 15 is 0 Å². The summed E-state index contributed by atoms with van der Waals surface area (Å²) in [7, 11) is -3.53. The van der Waals surface area contributed by atoms with Crippen molar-refractivity contribution in [2.24, 2.45) is 5.84 Å². The van der Waals surface area contributed by atoms with E-state index < -0.39 is 10.0 Å². The minimum Gasteiger partial charge on any atom is -0.308 e. The number of hydrazine groups is 1. The first-order valence-electron chi connectivity index (χ1n) is 7.29. The first-order chi connectivity index (χ1) is 10.1. The highest BCUT2D eigenvalue weighted by Gasteiger charge is 2.37. The van der Waals surface area contributed by atoms with Gasteiger partial charge in [0.15, 0.2) is 0 Å². The molecule has 0 aliphatic carbocycles. The summed E-state index contributed by atoms with van der Waals surface area (Å²) < 4.78 is 27.7. The van der Waals surface area contributed by atoms with E-state index in [-0.39, 0.29) is 10.9 Å². The lowest BCUT2D eigenvalue weighted by Crippen LogP contribution is -2.46. The number of fused-ring (bicyclic) bond motifs is 1. The largest absolute Gasteiger partial charge is 0.308 e. The van der Waals surface area contributed by atoms with Crippen LogP contribution in [-0.4, -0.2) is 43.5 Å². The second kappa shape index (κ2) is 5.88. The maximum Gasteiger partial charge on any atom is 0.242 e. The normalized spacial score (nSPS) is 26.5. The summed E-state index contributed by atoms with van der Waals surface area (Å²) in [5.41, 5.74) is 2.38. The highest BCUT2D eigenvalue weighted by molar-refractivity contribution is 7.89. The van der Waals surface area contributed by atoms with Crippen LogP contribution in [0.5, 0.6) is 0 Å². The molecule has 0 amide bonds. The Labute approximate surface area is 124 Å². The van der Waals surface area contributed by atoms with Crippen molar-refractivity contribution in [3.05, 3.63) is 18.3 Å². The molecule has 0 saturated carbocycles. The topological polar surface area (TPSA) is 100 Å². The van der Waals surface area contributed by atoms with Gasteiger partial charge in [0.1, 0.15) is 10.7 Å². The lowest BCUT2D eigenvalue weighted by atomic mass is 10.00. The smallest absolute Gasteiger partial charge is 0.242 e. The molecule has 2 atom stereocenters. The van der Waals surface area contributed by atoms with Crippen molar-refractivity contribution in [2.75, 3.05) is 18.5 Å². The Morgan fingerprint density at radius 2 is 2.10 bits per heavy atom. The zero-order valence-corrected chi connectivity index (χ0v) is 12.6. The summed E-state index contributed by atoms with van der Waals surface area (Å²) >= 11 is 0. The minimum absolute atomic E-state index is 0.00242. The molecule has 3 heterocycles. The number of nitrogen functional groups attached to an aromatic ring is 1. The molecule has 0 radical (unpaired) electrons. The number of hydrogen-bond donors (Lipinski definition) is 3. The van der Waals surface area contributed by atoms with Gasteiger partial charge < -0.3 is 5.43 Å². The van der Waals surface area contributed by atoms with Crippen molar-refractivity contribution in [3.63, 3.8) is 0 Å². The number of aromatic nitrogens is 1. The molecule has 0 aromatic carbocycles. The van der Waals surface area contributed by atoms with Crippen molar-refractivity contribution >= 4 is 15.8 Å². The third kappa shape index (κ3) is 3.03. The molecule has 1 aromatic rings. The number of nitrogens with one attached hydrogen (secondary N) is 2. The maximum atomic E-state index is 12.4. The molecule has 0 spiro atoms. The molecule has 2 fully saturated rings. The molecule has 116 valence electrons. The summed E-state index contributed by atoms with van der Waals surface area (Å²) in [6.45, 7) is 2.06. The van der Waals surface area contributed by atoms with Crippen LogP contribution in [0.1, 0.15) is 25.7 Å². The second-order valence-electron chi connectivity index (χ2n) is 5.64. The zero-order valence-electron chi connectivity index (χ0n) is 11.8. The summed E-state index contributed by atoms with van der Waals surface area (Å²) in [6.07, 6.45) is 5.66. The molecule has 21 heavy (non-hydrogen) atoms. The predicted molar refractivity (Wildman–Crippen MR) is 80.0 cm³/mol. The monoisotopic (exact) mass is 311 g/mol. The van der Waals surface area contributed by atoms with Gasteiger partial charge in [-0.05, 0) is 37.9 Å². The van der Waals surface area contributed by atoms with Crippen LogP contribution in [0.3, 0.4) is 0 Å². The van der Waals surface area contributed by atoms with Crippen LogP contribution in [0, 0.1) is 0 Å². The van der Waals surface area contributed by atoms with Gasteiger partial charge >= 0.3 is 0 Å². The van der Waals surface area contributed by atoms with E-state index in [9.17, 15) is 8.42 Å². The van der Waals surface area contributed by atoms with E-state index in [0.717, 1.165) is 25.9 Å². The van der Waals surface area contributed by atoms with Crippen LogP contribution in [0.15, 0.2) is 23.2 Å². The van der Waals surface area contributed by atoms with Gasteiger partial charge in [-0.15, -0.1) is 0 Å². The van der Waals surface area contributed by atoms with E-state index in [1.54, 1.807) is 6.07 Å². The van der Waals surface area contributed by atoms with Gasteiger partial charge in [-0.25, -0.2) is 24.0 Å². The summed E-state index contributed by atoms with van der Waals surface area (Å²) in [6, 6.07) is 3.41. The average molecular weight is 311 g/mol. The van der Waals surface area contributed by atoms with Crippen molar-refractivity contribution in [1.82, 2.24) is 14.6 Å². The third-order valence-corrected chi connectivity index (χ3v) is 5.83. The number of nitrogens with two attached hydrogens (primary N) is 1. The van der Waals surface area contributed by atoms with Crippen LogP contribution >= 0.6 is 0 Å². The number of piperidine rings is 1. The van der Waals surface area contributed by atoms with Crippen molar-refractivity contribution < 1.29 is 8.42 Å². The van der Waals surface area contributed by atoms with Gasteiger partial charge in [0.2, 0.25) is 10.0 Å². The SMILES string of the molecule is NNc1ccc(S(=O)(=O)NC2CCN3CCCCC23)cn1. The van der Waals surface area contributed by atoms with Gasteiger partial charge in [0.05, 0.1) is 0 Å². The van der Waals surface area contributed by atoms with Gasteiger partial charge in [-0.2, -0.15) is 0 Å². The van der Waals surface area contributed by atoms with Crippen LogP contribution < -0.4 is 16.0 Å². The van der Waals surface area contributed by atoms with Crippen LogP contribution in [0.25, 0.3) is 0 Å². The van der Waals surface area contributed by atoms with Crippen molar-refractivity contribution in [3.8, 4) is 0 Å². The Morgan fingerprint density at radius 1 is 1.24 bits per heavy atom. The van der Waals surface area contributed by atoms with Gasteiger partial charge in [0, 0.05) is 24.8 Å². The number of hydrogen-bond acceptors (Lipinski definition) is 6. The predicted octanol–water partition coefficient (Wildman–Crippen LogP) is 0.272. The molecule has 1 aromatic heterocycles. The van der Waals surface area contributed by atoms with Gasteiger partial charge in [-0.1, -0.05) is 6.42 Å². The Morgan fingerprint density at radius 3 is 2.81 bits per heavy atom. The maximum absolute atomic E-state index is 12.4. The standard InChI is InChI=1S/C13H21N5O2S/c14-16-13-5-4-10(9-15-13)21(19,20)17-11-6-8-18-7-2-1-3-12(11)18/h4-5,9,11-12,17H,1-3,6-8,14H2,(H,15,16). The van der Waals surface area contributed by atoms with Gasteiger partial charge in [0.25, 0.3) is 0 Å². The van der Waals surface area contributed by atoms with E-state index in [1.807, 2.05) is 0 Å². The molecule has 8 heteroatoms. The van der Waals surface area contributed by atoms with Crippen LogP contribution in [0.2, 0.25) is 0 Å². The Kier molecular flexibility index (Phi) is 4.12. The summed E-state index contributed by atoms with van der Waals surface area (Å²) in [4.78, 5) is 6.53. The molecule has 2 saturated heterocycles. The Balaban J connectivity index is 1.73. The molecule has 2 unspecified atom stereocenters. The lowest BCUT2D eigenvalue weighted by molar-refractivity contribution is 0.186. The van der Waals surface area contributed by atoms with E-state index in [2.05, 4.69) is 20.0 Å². The highest BCUT2D eigenvalue weighted by Crippen LogP contribution is 2.28. The molecule has 2 aliphatic rings. The average Bonchev–Trinajstić information content (AvgIpc) is 2.90. The molecule has 2 aliphatic heterocycles. The third-order valence-electron chi connectivity index (χ3n) is 4.36. The van der Waals surface area contributed by atoms with E-state index in [0.29, 0.717) is 11.9 Å². The summed E-state index contributed by atoms with van der Waals surface area (Å²) in [5.74, 6) is 5.67. The number of nitrogens with zero attached hydrogens (tertiary/aromatic N) is 2. The number of sulfonamides is 1.